The second kappa shape index (κ2) is 71.8. The van der Waals surface area contributed by atoms with Crippen LogP contribution in [0.3, 0.4) is 0 Å². The molecule has 0 saturated carbocycles. The molecule has 716 valence electrons. The summed E-state index contributed by atoms with van der Waals surface area (Å²) in [5, 5.41) is 19.1. The van der Waals surface area contributed by atoms with E-state index in [2.05, 4.69) is 90.9 Å². The molecule has 0 bridgehead atoms. The van der Waals surface area contributed by atoms with Gasteiger partial charge < -0.3 is 69.8 Å². The second-order valence-corrected chi connectivity index (χ2v) is 30.6. The molecule has 0 radical (unpaired) electrons. The van der Waals surface area contributed by atoms with Crippen molar-refractivity contribution in [1.29, 1.82) is 5.41 Å². The molecule has 10 rings (SSSR count). The number of hydrogen-bond donors (Lipinski definition) is 6. The van der Waals surface area contributed by atoms with E-state index in [-0.39, 0.29) is 175 Å². The Bertz CT molecular complexity index is 4430. The molecule has 8 N–H and O–H groups in total. The zero-order valence-electron chi connectivity index (χ0n) is 78.0. The quantitative estimate of drug-likeness (QED) is 0.00590. The summed E-state index contributed by atoms with van der Waals surface area (Å²) in [5.74, 6) is -2.38. The number of carbonyl (C=O) groups is 10. The molecule has 0 aliphatic carbocycles. The standard InChI is InChI=1S/C17H25NO4.C15H17N3O.C15H19NO3.C13H19N3O3.C12H17NO2.C7H6O.C5H11NO2.C5H8O3.C4H9O.CH4N2.2CH4.ClH.K/c1-4-22-17(20)14(2)18(12-8-11-16(19)21-3)13-15-9-6-5-7-10-15;1-11-14-13(15(19)17-10-16-14)7-8-18(11)9-12-5-3-2-4-6-12;1-11-14(17)13(15(18)19-2)8-9-16(11)10-12-6-4-3-5-7-12;1-8-10-9(11(17)15-7-14-10)5-6-16(8)12(18)19-13(2,3)4;1-3-15-12(14)10(2)13-9-11-7-5-4-6-8-11;8-6-7-4-2-1-3-5-7;1-3-8-5(7)4(2)6;1-8-5(7)3-2-4-6;1-4(2,3)5;2-1-3;;;;/h5-7,9-10,14H,4,8,11-13H2,1-3H3;2-6,10-11H,7-9H2,1H3,(H,16,17,19);3-7,11,13H,8-10H2,1-2H3;7-8H,5-6H2,1-4H3,(H,14,15,17);4-8,10,13H,3,9H2,1-2H3;1-6H;4H,3,6H2,1-2H3;4H,2-3H2,1H3;1-3H3;1H,(H3,2,3);2*1H4;1H;/q;;;;;;;;-1;;;;;+1. The van der Waals surface area contributed by atoms with Crippen molar-refractivity contribution in [2.45, 2.75) is 237 Å². The molecular formula is C96H144ClKN12O20. The number of aldehydes is 2. The summed E-state index contributed by atoms with van der Waals surface area (Å²) in [6.45, 7) is 33.7. The van der Waals surface area contributed by atoms with Gasteiger partial charge in [-0.15, -0.1) is 18.0 Å². The van der Waals surface area contributed by atoms with Crippen LogP contribution in [0.15, 0.2) is 174 Å². The predicted molar refractivity (Wildman–Crippen MR) is 502 cm³/mol. The Morgan fingerprint density at radius 3 is 1.42 bits per heavy atom. The number of Topliss-reactive ketones (excluding diaryl/α,β-unsaturated/α-hetero) is 1. The van der Waals surface area contributed by atoms with Gasteiger partial charge in [0.05, 0.1) is 96.1 Å². The number of esters is 6. The van der Waals surface area contributed by atoms with Crippen LogP contribution in [0.1, 0.15) is 218 Å². The Kier molecular flexibility index (Phi) is 69.8. The number of amides is 1. The third-order valence-electron chi connectivity index (χ3n) is 18.4. The number of nitrogens with two attached hydrogens (primary N) is 2. The number of nitrogens with zero attached hydrogens (tertiary/aromatic N) is 6. The molecule has 3 aliphatic rings. The number of carbonyl (C=O) groups excluding carboxylic acids is 10. The molecule has 0 spiro atoms. The first kappa shape index (κ1) is 126. The van der Waals surface area contributed by atoms with Gasteiger partial charge in [0.2, 0.25) is 0 Å². The number of aromatic nitrogens is 4. The van der Waals surface area contributed by atoms with Crippen LogP contribution in [0, 0.1) is 11.3 Å². The number of aromatic amines is 2. The van der Waals surface area contributed by atoms with Crippen LogP contribution in [0.4, 0.5) is 4.79 Å². The normalized spacial score (nSPS) is 14.9. The average Bonchev–Trinajstić information content (AvgIpc) is 0.795. The molecule has 130 heavy (non-hydrogen) atoms. The van der Waals surface area contributed by atoms with E-state index in [0.29, 0.717) is 89.2 Å². The number of ether oxygens (including phenoxy) is 7. The van der Waals surface area contributed by atoms with Gasteiger partial charge in [0.1, 0.15) is 42.2 Å². The van der Waals surface area contributed by atoms with Crippen molar-refractivity contribution < 1.29 is 138 Å². The third-order valence-corrected chi connectivity index (χ3v) is 18.4. The van der Waals surface area contributed by atoms with E-state index in [1.54, 1.807) is 65.5 Å². The molecule has 32 nitrogen and oxygen atoms in total. The molecule has 7 aromatic rings. The summed E-state index contributed by atoms with van der Waals surface area (Å²) in [4.78, 5) is 156. The van der Waals surface area contributed by atoms with Gasteiger partial charge in [0.15, 0.2) is 5.78 Å². The maximum Gasteiger partial charge on any atom is 1.00 e. The molecule has 7 atom stereocenters. The van der Waals surface area contributed by atoms with Gasteiger partial charge in [-0.2, -0.15) is 0 Å². The fraction of sp³-hybridized carbons (Fsp3) is 0.490. The number of benzene rings is 5. The molecular weight excluding hydrogens is 1720 g/mol. The first-order chi connectivity index (χ1) is 59.8. The average molecular weight is 1860 g/mol. The summed E-state index contributed by atoms with van der Waals surface area (Å²) >= 11 is 0. The number of methoxy groups -OCH3 is 3. The minimum Gasteiger partial charge on any atom is -0.850 e. The molecule has 3 aliphatic heterocycles. The third kappa shape index (κ3) is 53.4. The zero-order chi connectivity index (χ0) is 94.7. The summed E-state index contributed by atoms with van der Waals surface area (Å²) < 4.78 is 33.5. The van der Waals surface area contributed by atoms with Gasteiger partial charge in [-0.05, 0) is 138 Å². The minimum atomic E-state index is -0.750. The van der Waals surface area contributed by atoms with Gasteiger partial charge in [0, 0.05) is 75.3 Å². The van der Waals surface area contributed by atoms with E-state index in [0.717, 1.165) is 73.2 Å². The minimum absolute atomic E-state index is 0. The van der Waals surface area contributed by atoms with Crippen LogP contribution >= 0.6 is 12.4 Å². The first-order valence-electron chi connectivity index (χ1n) is 41.9. The van der Waals surface area contributed by atoms with Gasteiger partial charge in [0.25, 0.3) is 11.1 Å². The molecule has 5 heterocycles. The predicted octanol–water partition coefficient (Wildman–Crippen LogP) is 9.20. The van der Waals surface area contributed by atoms with Crippen LogP contribution < -0.4 is 84.4 Å². The number of H-pyrrole nitrogens is 2. The van der Waals surface area contributed by atoms with E-state index >= 15 is 0 Å². The van der Waals surface area contributed by atoms with Crippen molar-refractivity contribution in [1.82, 2.24) is 44.9 Å². The number of rotatable bonds is 25. The summed E-state index contributed by atoms with van der Waals surface area (Å²) in [6, 6.07) is 48.0. The molecule has 7 unspecified atom stereocenters. The number of fused-ring (bicyclic) bond motifs is 2. The van der Waals surface area contributed by atoms with Crippen molar-refractivity contribution in [3.8, 4) is 0 Å². The number of ketones is 1. The maximum atomic E-state index is 12.2. The van der Waals surface area contributed by atoms with Crippen LogP contribution in [-0.4, -0.2) is 209 Å². The number of piperidine rings is 1. The molecule has 34 heteroatoms. The van der Waals surface area contributed by atoms with Gasteiger partial charge in [-0.3, -0.25) is 73.0 Å². The molecule has 2 aromatic heterocycles. The number of nitrogens with one attached hydrogen (secondary N) is 4. The Hall–Kier alpha value is -9.88. The summed E-state index contributed by atoms with van der Waals surface area (Å²) in [5.41, 5.74) is 16.7. The Labute approximate surface area is 817 Å². The van der Waals surface area contributed by atoms with Crippen molar-refractivity contribution >= 4 is 79.0 Å². The maximum absolute atomic E-state index is 12.2. The molecule has 1 fully saturated rings. The van der Waals surface area contributed by atoms with Gasteiger partial charge in [-0.25, -0.2) is 14.8 Å². The van der Waals surface area contributed by atoms with Gasteiger partial charge in [-0.1, -0.05) is 187 Å². The molecule has 5 aromatic carbocycles. The molecule has 1 saturated heterocycles. The van der Waals surface area contributed by atoms with E-state index in [9.17, 15) is 62.6 Å². The molecule has 1 amide bonds. The number of hydrogen-bond acceptors (Lipinski definition) is 28. The topological polar surface area (TPSA) is 451 Å². The van der Waals surface area contributed by atoms with Crippen molar-refractivity contribution in [2.24, 2.45) is 17.4 Å². The van der Waals surface area contributed by atoms with Crippen LogP contribution in [0.5, 0.6) is 0 Å². The summed E-state index contributed by atoms with van der Waals surface area (Å²) in [7, 11) is 4.01. The number of halogens is 1. The van der Waals surface area contributed by atoms with Gasteiger partial charge >= 0.3 is 93.3 Å². The second-order valence-electron chi connectivity index (χ2n) is 30.6. The van der Waals surface area contributed by atoms with Crippen LogP contribution in [-0.2, 0) is 111 Å². The smallest absolute Gasteiger partial charge is 0.850 e. The van der Waals surface area contributed by atoms with Crippen molar-refractivity contribution in [2.75, 3.05) is 67.3 Å². The monoisotopic (exact) mass is 1860 g/mol. The fourth-order valence-corrected chi connectivity index (χ4v) is 11.9. The Morgan fingerprint density at radius 1 is 0.600 bits per heavy atom. The van der Waals surface area contributed by atoms with Crippen molar-refractivity contribution in [3.63, 3.8) is 0 Å². The zero-order valence-corrected chi connectivity index (χ0v) is 81.9. The SMILES string of the molecule is C.C.CC(C)(C)[O-].CC1c2nc[nH]c(=O)c2CCN1C(=O)OC(C)(C)C.CC1c2nc[nH]c(=O)c2CCN1Cc1ccccc1.CCOC(=O)C(C)N.CCOC(=O)C(C)N(CCCC(=O)OC)Cc1ccccc1.CCOC(=O)C(C)NCc1ccccc1.COC(=O)C1CCN(Cc2ccccc2)C(C)C1=O.COC(=O)CCC=O.Cl.N=CN.O=Cc1ccccc1.[K+]. The number of likely N-dealkylation sites (tertiary alicyclic amines) is 1. The summed E-state index contributed by atoms with van der Waals surface area (Å²) in [6.07, 6.45) is 8.04. The van der Waals surface area contributed by atoms with Crippen molar-refractivity contribution in [3.05, 3.63) is 235 Å². The Morgan fingerprint density at radius 2 is 1.01 bits per heavy atom. The largest absolute Gasteiger partial charge is 1.00 e. The van der Waals surface area contributed by atoms with E-state index in [4.69, 9.17) is 25.4 Å². The Balaban J connectivity index is -0.000000700. The fourth-order valence-electron chi connectivity index (χ4n) is 11.9. The van der Waals surface area contributed by atoms with Crippen LogP contribution in [0.2, 0.25) is 0 Å². The van der Waals surface area contributed by atoms with E-state index in [1.165, 1.54) is 45.1 Å². The van der Waals surface area contributed by atoms with Crippen LogP contribution in [0.25, 0.3) is 0 Å². The first-order valence-corrected chi connectivity index (χ1v) is 41.9. The van der Waals surface area contributed by atoms with E-state index in [1.807, 2.05) is 169 Å². The van der Waals surface area contributed by atoms with E-state index < -0.39 is 29.1 Å².